The van der Waals surface area contributed by atoms with Crippen molar-refractivity contribution in [1.82, 2.24) is 4.98 Å². The Hall–Kier alpha value is -0.150. The van der Waals surface area contributed by atoms with Gasteiger partial charge >= 0.3 is 0 Å². The Labute approximate surface area is 58.2 Å². The van der Waals surface area contributed by atoms with E-state index >= 15 is 0 Å². The van der Waals surface area contributed by atoms with Crippen LogP contribution in [0.5, 0.6) is 0 Å². The minimum atomic E-state index is 0.750. The van der Waals surface area contributed by atoms with Crippen molar-refractivity contribution in [3.05, 3.63) is 10.6 Å². The van der Waals surface area contributed by atoms with Crippen LogP contribution in [0, 0.1) is 13.8 Å². The fourth-order valence-electron chi connectivity index (χ4n) is 0.443. The Balaban J connectivity index is 3.14. The van der Waals surface area contributed by atoms with Crippen LogP contribution in [-0.2, 0) is 12.6 Å². The number of rotatable bonds is 0. The van der Waals surface area contributed by atoms with Crippen LogP contribution >= 0.6 is 11.3 Å². The molecule has 0 atom stereocenters. The molecule has 8 heavy (non-hydrogen) atoms. The first-order valence-electron chi connectivity index (χ1n) is 2.31. The van der Waals surface area contributed by atoms with E-state index in [4.69, 9.17) is 12.6 Å². The van der Waals surface area contributed by atoms with Crippen LogP contribution in [0.4, 0.5) is 0 Å². The molecule has 0 fully saturated rings. The minimum absolute atomic E-state index is 0.750. The van der Waals surface area contributed by atoms with E-state index in [9.17, 15) is 0 Å². The number of aromatic nitrogens is 1. The van der Waals surface area contributed by atoms with E-state index in [0.29, 0.717) is 0 Å². The molecule has 0 radical (unpaired) electrons. The summed E-state index contributed by atoms with van der Waals surface area (Å²) in [6.45, 7) is 4.00. The Morgan fingerprint density at radius 2 is 2.12 bits per heavy atom. The molecule has 1 aromatic heterocycles. The fraction of sp³-hybridized carbons (Fsp3) is 0.400. The predicted octanol–water partition coefficient (Wildman–Crippen LogP) is 1.67. The maximum atomic E-state index is 4.83. The van der Waals surface area contributed by atoms with Crippen LogP contribution in [-0.4, -0.2) is 4.98 Å². The Morgan fingerprint density at radius 1 is 1.50 bits per heavy atom. The maximum Gasteiger partial charge on any atom is 0.0300 e. The van der Waals surface area contributed by atoms with Crippen molar-refractivity contribution in [2.45, 2.75) is 18.2 Å². The van der Waals surface area contributed by atoms with Gasteiger partial charge in [-0.25, -0.2) is 0 Å². The minimum Gasteiger partial charge on any atom is -0.408 e. The van der Waals surface area contributed by atoms with Gasteiger partial charge in [0.25, 0.3) is 0 Å². The summed E-state index contributed by atoms with van der Waals surface area (Å²) in [5.41, 5.74) is 1.07. The zero-order valence-corrected chi connectivity index (χ0v) is 6.40. The van der Waals surface area contributed by atoms with Crippen molar-refractivity contribution in [2.75, 3.05) is 0 Å². The summed E-state index contributed by atoms with van der Waals surface area (Å²) in [6, 6.07) is 0. The molecule has 0 saturated carbocycles. The summed E-state index contributed by atoms with van der Waals surface area (Å²) >= 11 is 6.40. The molecule has 0 aliphatic rings. The van der Waals surface area contributed by atoms with Crippen LogP contribution < -0.4 is 0 Å². The number of thiazole rings is 1. The van der Waals surface area contributed by atoms with Gasteiger partial charge in [-0.2, -0.15) is 0 Å². The maximum absolute atomic E-state index is 4.83. The van der Waals surface area contributed by atoms with Gasteiger partial charge in [0, 0.05) is 5.69 Å². The topological polar surface area (TPSA) is 12.9 Å². The summed E-state index contributed by atoms with van der Waals surface area (Å²) in [6.07, 6.45) is 0. The van der Waals surface area contributed by atoms with Crippen LogP contribution in [0.1, 0.15) is 10.6 Å². The Bertz CT molecular complexity index is 173. The first-order chi connectivity index (χ1) is 3.70. The highest BCUT2D eigenvalue weighted by Gasteiger charge is 1.86. The van der Waals surface area contributed by atoms with Gasteiger partial charge in [-0.1, -0.05) is 4.88 Å². The fourth-order valence-corrected chi connectivity index (χ4v) is 1.59. The van der Waals surface area contributed by atoms with Crippen molar-refractivity contribution in [2.24, 2.45) is 0 Å². The molecule has 0 unspecified atom stereocenters. The lowest BCUT2D eigenvalue weighted by atomic mass is 10.4. The SMILES string of the molecule is Cc1nc([S-])sc1C. The van der Waals surface area contributed by atoms with Gasteiger partial charge in [-0.05, 0) is 18.2 Å². The second-order valence-electron chi connectivity index (χ2n) is 1.62. The number of nitrogens with zero attached hydrogens (tertiary/aromatic N) is 1. The van der Waals surface area contributed by atoms with Crippen LogP contribution in [0.15, 0.2) is 4.34 Å². The van der Waals surface area contributed by atoms with Crippen molar-refractivity contribution in [1.29, 1.82) is 0 Å². The standard InChI is InChI=1S/C5H7NS2/c1-3-4(2)8-5(7)6-3/h1-2H3,(H,6,7)/p-1. The molecule has 0 saturated heterocycles. The molecule has 1 heterocycles. The lowest BCUT2D eigenvalue weighted by Crippen LogP contribution is -1.71. The Kier molecular flexibility index (Phi) is 1.49. The van der Waals surface area contributed by atoms with Crippen molar-refractivity contribution in [3.63, 3.8) is 0 Å². The number of aryl methyl sites for hydroxylation is 2. The second-order valence-corrected chi connectivity index (χ2v) is 3.47. The highest BCUT2D eigenvalue weighted by molar-refractivity contribution is 7.62. The number of hydrogen-bond acceptors (Lipinski definition) is 3. The zero-order chi connectivity index (χ0) is 6.15. The van der Waals surface area contributed by atoms with Crippen LogP contribution in [0.2, 0.25) is 0 Å². The average molecular weight is 144 g/mol. The van der Waals surface area contributed by atoms with Crippen LogP contribution in [0.25, 0.3) is 0 Å². The van der Waals surface area contributed by atoms with Gasteiger partial charge in [0.05, 0.1) is 0 Å². The van der Waals surface area contributed by atoms with E-state index in [1.807, 2.05) is 13.8 Å². The van der Waals surface area contributed by atoms with Gasteiger partial charge in [0.15, 0.2) is 0 Å². The van der Waals surface area contributed by atoms with Gasteiger partial charge in [-0.3, -0.25) is 4.98 Å². The summed E-state index contributed by atoms with van der Waals surface area (Å²) < 4.78 is 0.750. The lowest BCUT2D eigenvalue weighted by molar-refractivity contribution is 1.15. The molecule has 44 valence electrons. The third kappa shape index (κ3) is 0.980. The van der Waals surface area contributed by atoms with Crippen molar-refractivity contribution >= 4 is 24.0 Å². The molecule has 0 N–H and O–H groups in total. The van der Waals surface area contributed by atoms with Gasteiger partial charge in [0.2, 0.25) is 0 Å². The highest BCUT2D eigenvalue weighted by Crippen LogP contribution is 2.14. The molecular formula is C5H6NS2-. The molecule has 1 rings (SSSR count). The van der Waals surface area contributed by atoms with Gasteiger partial charge in [-0.15, -0.1) is 0 Å². The monoisotopic (exact) mass is 144 g/mol. The third-order valence-corrected chi connectivity index (χ3v) is 2.22. The molecule has 0 aromatic carbocycles. The summed E-state index contributed by atoms with van der Waals surface area (Å²) in [5.74, 6) is 0. The molecular weight excluding hydrogens is 138 g/mol. The summed E-state index contributed by atoms with van der Waals surface area (Å²) in [7, 11) is 0. The average Bonchev–Trinajstić information content (AvgIpc) is 1.85. The van der Waals surface area contributed by atoms with E-state index in [2.05, 4.69) is 4.98 Å². The molecule has 0 aliphatic heterocycles. The molecule has 0 spiro atoms. The van der Waals surface area contributed by atoms with Gasteiger partial charge in [0.1, 0.15) is 0 Å². The van der Waals surface area contributed by atoms with E-state index in [-0.39, 0.29) is 0 Å². The molecule has 0 amide bonds. The molecule has 0 aliphatic carbocycles. The van der Waals surface area contributed by atoms with Crippen molar-refractivity contribution in [3.8, 4) is 0 Å². The predicted molar refractivity (Wildman–Crippen MR) is 37.2 cm³/mol. The number of hydrogen-bond donors (Lipinski definition) is 0. The second kappa shape index (κ2) is 1.99. The highest BCUT2D eigenvalue weighted by atomic mass is 32.2. The quantitative estimate of drug-likeness (QED) is 0.514. The first-order valence-corrected chi connectivity index (χ1v) is 3.53. The van der Waals surface area contributed by atoms with E-state index in [0.717, 1.165) is 10.0 Å². The van der Waals surface area contributed by atoms with Crippen LogP contribution in [0.3, 0.4) is 0 Å². The lowest BCUT2D eigenvalue weighted by Gasteiger charge is -1.85. The third-order valence-electron chi connectivity index (χ3n) is 1.01. The summed E-state index contributed by atoms with van der Waals surface area (Å²) in [4.78, 5) is 5.28. The van der Waals surface area contributed by atoms with E-state index < -0.39 is 0 Å². The normalized spacial score (nSPS) is 9.75. The largest absolute Gasteiger partial charge is 0.408 e. The van der Waals surface area contributed by atoms with Crippen molar-refractivity contribution < 1.29 is 0 Å². The molecule has 3 heteroatoms. The van der Waals surface area contributed by atoms with E-state index in [1.54, 1.807) is 11.3 Å². The van der Waals surface area contributed by atoms with E-state index in [1.165, 1.54) is 4.88 Å². The van der Waals surface area contributed by atoms with Gasteiger partial charge < -0.3 is 24.0 Å². The molecule has 1 aromatic rings. The first kappa shape index (κ1) is 5.98. The molecule has 0 bridgehead atoms. The smallest absolute Gasteiger partial charge is 0.0300 e. The Morgan fingerprint density at radius 3 is 2.25 bits per heavy atom. The summed E-state index contributed by atoms with van der Waals surface area (Å²) in [5, 5.41) is 0. The zero-order valence-electron chi connectivity index (χ0n) is 4.76. The molecule has 1 nitrogen and oxygen atoms in total.